The average Bonchev–Trinajstić information content (AvgIpc) is 2.37. The molecule has 0 spiro atoms. The van der Waals surface area contributed by atoms with E-state index < -0.39 is 0 Å². The van der Waals surface area contributed by atoms with Gasteiger partial charge in [0.1, 0.15) is 12.4 Å². The maximum Gasteiger partial charge on any atom is 0.251 e. The molecule has 0 radical (unpaired) electrons. The topological polar surface area (TPSA) is 55.0 Å². The van der Waals surface area contributed by atoms with Crippen molar-refractivity contribution in [2.24, 2.45) is 0 Å². The number of aromatic nitrogens is 2. The number of nitrogens with one attached hydrogen (secondary N) is 1. The Kier molecular flexibility index (Phi) is 3.65. The second kappa shape index (κ2) is 5.59. The Balaban J connectivity index is 1.97. The molecular formula is C16H18N2O2. The van der Waals surface area contributed by atoms with Gasteiger partial charge in [0.15, 0.2) is 0 Å². The van der Waals surface area contributed by atoms with E-state index in [0.717, 1.165) is 5.56 Å². The summed E-state index contributed by atoms with van der Waals surface area (Å²) >= 11 is 0. The van der Waals surface area contributed by atoms with E-state index in [9.17, 15) is 4.79 Å². The van der Waals surface area contributed by atoms with Gasteiger partial charge in [-0.1, -0.05) is 24.6 Å². The fraction of sp³-hybridized carbons (Fsp3) is 0.375. The van der Waals surface area contributed by atoms with Gasteiger partial charge in [0.25, 0.3) is 5.56 Å². The molecule has 4 nitrogen and oxygen atoms in total. The summed E-state index contributed by atoms with van der Waals surface area (Å²) in [5.74, 6) is 1.24. The third-order valence-corrected chi connectivity index (χ3v) is 3.83. The smallest absolute Gasteiger partial charge is 0.251 e. The van der Waals surface area contributed by atoms with Gasteiger partial charge in [0, 0.05) is 18.7 Å². The van der Waals surface area contributed by atoms with Gasteiger partial charge < -0.3 is 9.72 Å². The molecule has 1 fully saturated rings. The zero-order chi connectivity index (χ0) is 13.9. The van der Waals surface area contributed by atoms with Crippen molar-refractivity contribution in [2.75, 3.05) is 7.11 Å². The van der Waals surface area contributed by atoms with E-state index in [4.69, 9.17) is 4.74 Å². The van der Waals surface area contributed by atoms with Crippen molar-refractivity contribution < 1.29 is 4.74 Å². The highest BCUT2D eigenvalue weighted by atomic mass is 16.5. The van der Waals surface area contributed by atoms with Crippen LogP contribution in [0.4, 0.5) is 0 Å². The molecule has 1 heterocycles. The molecule has 1 aromatic heterocycles. The number of ether oxygens (including phenoxy) is 1. The van der Waals surface area contributed by atoms with E-state index in [1.165, 1.54) is 24.8 Å². The number of rotatable bonds is 4. The quantitative estimate of drug-likeness (QED) is 0.929. The number of H-pyrrole nitrogens is 1. The van der Waals surface area contributed by atoms with Crippen LogP contribution in [0.2, 0.25) is 0 Å². The lowest BCUT2D eigenvalue weighted by atomic mass is 9.79. The Morgan fingerprint density at radius 3 is 2.90 bits per heavy atom. The number of hydrogen-bond acceptors (Lipinski definition) is 3. The maximum atomic E-state index is 11.7. The monoisotopic (exact) mass is 270 g/mol. The van der Waals surface area contributed by atoms with Crippen LogP contribution >= 0.6 is 0 Å². The van der Waals surface area contributed by atoms with E-state index >= 15 is 0 Å². The van der Waals surface area contributed by atoms with Crippen LogP contribution < -0.4 is 5.56 Å². The molecule has 0 unspecified atom stereocenters. The van der Waals surface area contributed by atoms with Gasteiger partial charge in [-0.15, -0.1) is 0 Å². The number of nitrogens with zero attached hydrogens (tertiary/aromatic N) is 1. The molecule has 0 saturated heterocycles. The Hall–Kier alpha value is -1.94. The van der Waals surface area contributed by atoms with Crippen molar-refractivity contribution in [3.05, 3.63) is 52.1 Å². The van der Waals surface area contributed by atoms with Crippen molar-refractivity contribution in [1.29, 1.82) is 0 Å². The van der Waals surface area contributed by atoms with Crippen molar-refractivity contribution in [3.63, 3.8) is 0 Å². The molecule has 1 N–H and O–H groups in total. The Labute approximate surface area is 117 Å². The highest BCUT2D eigenvalue weighted by molar-refractivity contribution is 5.60. The summed E-state index contributed by atoms with van der Waals surface area (Å²) in [6.45, 7) is 0.311. The van der Waals surface area contributed by atoms with E-state index in [-0.39, 0.29) is 5.56 Å². The number of aromatic amines is 1. The van der Waals surface area contributed by atoms with Gasteiger partial charge in [0.05, 0.1) is 5.69 Å². The molecule has 20 heavy (non-hydrogen) atoms. The summed E-state index contributed by atoms with van der Waals surface area (Å²) in [5, 5.41) is 0. The zero-order valence-electron chi connectivity index (χ0n) is 11.6. The molecule has 1 aliphatic rings. The summed E-state index contributed by atoms with van der Waals surface area (Å²) < 4.78 is 5.03. The minimum atomic E-state index is -0.143. The van der Waals surface area contributed by atoms with E-state index in [1.54, 1.807) is 13.2 Å². The first-order valence-electron chi connectivity index (χ1n) is 6.96. The zero-order valence-corrected chi connectivity index (χ0v) is 11.6. The highest BCUT2D eigenvalue weighted by Crippen LogP contribution is 2.37. The van der Waals surface area contributed by atoms with Gasteiger partial charge in [-0.3, -0.25) is 4.79 Å². The Bertz CT molecular complexity index is 660. The molecular weight excluding hydrogens is 252 g/mol. The minimum absolute atomic E-state index is 0.143. The average molecular weight is 270 g/mol. The lowest BCUT2D eigenvalue weighted by Crippen LogP contribution is -2.12. The molecule has 4 heteroatoms. The summed E-state index contributed by atoms with van der Waals surface area (Å²) in [4.78, 5) is 18.8. The second-order valence-corrected chi connectivity index (χ2v) is 5.26. The van der Waals surface area contributed by atoms with Crippen LogP contribution in [0.5, 0.6) is 0 Å². The summed E-state index contributed by atoms with van der Waals surface area (Å²) in [6.07, 6.45) is 3.85. The highest BCUT2D eigenvalue weighted by Gasteiger charge is 2.19. The van der Waals surface area contributed by atoms with Crippen LogP contribution in [0.25, 0.3) is 11.3 Å². The van der Waals surface area contributed by atoms with Crippen LogP contribution in [0, 0.1) is 0 Å². The molecule has 1 aliphatic carbocycles. The molecule has 0 bridgehead atoms. The Morgan fingerprint density at radius 1 is 1.35 bits per heavy atom. The number of hydrogen-bond donors (Lipinski definition) is 1. The van der Waals surface area contributed by atoms with Gasteiger partial charge in [-0.25, -0.2) is 4.98 Å². The summed E-state index contributed by atoms with van der Waals surface area (Å²) in [7, 11) is 1.59. The molecule has 0 aliphatic heterocycles. The van der Waals surface area contributed by atoms with Crippen molar-refractivity contribution >= 4 is 0 Å². The van der Waals surface area contributed by atoms with Gasteiger partial charge in [-0.2, -0.15) is 0 Å². The SMILES string of the molecule is COCc1nc(-c2cccc(C3CCC3)c2)cc(=O)[nH]1. The molecule has 2 aromatic rings. The van der Waals surface area contributed by atoms with Crippen molar-refractivity contribution in [3.8, 4) is 11.3 Å². The van der Waals surface area contributed by atoms with Crippen molar-refractivity contribution in [2.45, 2.75) is 31.8 Å². The van der Waals surface area contributed by atoms with E-state index in [1.807, 2.05) is 12.1 Å². The third-order valence-electron chi connectivity index (χ3n) is 3.83. The van der Waals surface area contributed by atoms with Gasteiger partial charge in [-0.05, 0) is 30.4 Å². The lowest BCUT2D eigenvalue weighted by Gasteiger charge is -2.26. The second-order valence-electron chi connectivity index (χ2n) is 5.26. The molecule has 1 saturated carbocycles. The van der Waals surface area contributed by atoms with Crippen molar-refractivity contribution in [1.82, 2.24) is 9.97 Å². The van der Waals surface area contributed by atoms with Gasteiger partial charge >= 0.3 is 0 Å². The standard InChI is InChI=1S/C16H18N2O2/c1-20-10-15-17-14(9-16(19)18-15)13-7-3-6-12(8-13)11-4-2-5-11/h3,6-9,11H,2,4-5,10H2,1H3,(H,17,18,19). The fourth-order valence-electron chi connectivity index (χ4n) is 2.55. The first-order chi connectivity index (χ1) is 9.76. The lowest BCUT2D eigenvalue weighted by molar-refractivity contribution is 0.177. The normalized spacial score (nSPS) is 15.1. The molecule has 0 atom stereocenters. The van der Waals surface area contributed by atoms with Crippen LogP contribution in [-0.2, 0) is 11.3 Å². The largest absolute Gasteiger partial charge is 0.377 e. The Morgan fingerprint density at radius 2 is 2.20 bits per heavy atom. The number of methoxy groups -OCH3 is 1. The molecule has 3 rings (SSSR count). The van der Waals surface area contributed by atoms with Crippen LogP contribution in [0.3, 0.4) is 0 Å². The van der Waals surface area contributed by atoms with Crippen LogP contribution in [0.1, 0.15) is 36.6 Å². The number of benzene rings is 1. The van der Waals surface area contributed by atoms with Crippen LogP contribution in [-0.4, -0.2) is 17.1 Å². The van der Waals surface area contributed by atoms with Crippen LogP contribution in [0.15, 0.2) is 35.1 Å². The molecule has 1 aromatic carbocycles. The predicted molar refractivity (Wildman–Crippen MR) is 77.6 cm³/mol. The van der Waals surface area contributed by atoms with Gasteiger partial charge in [0.2, 0.25) is 0 Å². The minimum Gasteiger partial charge on any atom is -0.377 e. The summed E-state index contributed by atoms with van der Waals surface area (Å²) in [5.41, 5.74) is 2.92. The fourth-order valence-corrected chi connectivity index (χ4v) is 2.55. The molecule has 104 valence electrons. The molecule has 0 amide bonds. The first-order valence-corrected chi connectivity index (χ1v) is 6.96. The maximum absolute atomic E-state index is 11.7. The van der Waals surface area contributed by atoms with E-state index in [2.05, 4.69) is 22.1 Å². The predicted octanol–water partition coefficient (Wildman–Crippen LogP) is 2.85. The summed E-state index contributed by atoms with van der Waals surface area (Å²) in [6, 6.07) is 9.90. The third kappa shape index (κ3) is 2.65. The first kappa shape index (κ1) is 13.1. The van der Waals surface area contributed by atoms with E-state index in [0.29, 0.717) is 24.0 Å².